The molecule has 5 nitrogen and oxygen atoms in total. The van der Waals surface area contributed by atoms with Crippen molar-refractivity contribution in [1.82, 2.24) is 14.6 Å². The van der Waals surface area contributed by atoms with Crippen molar-refractivity contribution in [2.24, 2.45) is 5.92 Å². The molecule has 4 rings (SSSR count). The summed E-state index contributed by atoms with van der Waals surface area (Å²) in [5, 5.41) is 4.45. The highest BCUT2D eigenvalue weighted by Crippen LogP contribution is 2.29. The molecule has 0 amide bonds. The molecule has 2 heterocycles. The largest absolute Gasteiger partial charge is 0.314 e. The van der Waals surface area contributed by atoms with Gasteiger partial charge in [0.2, 0.25) is 10.0 Å². The molecular weight excluding hydrogens is 358 g/mol. The Morgan fingerprint density at radius 3 is 2.52 bits per heavy atom. The maximum atomic E-state index is 13.0. The van der Waals surface area contributed by atoms with Gasteiger partial charge in [-0.05, 0) is 50.3 Å². The van der Waals surface area contributed by atoms with E-state index in [1.165, 1.54) is 12.8 Å². The van der Waals surface area contributed by atoms with Crippen molar-refractivity contribution in [1.29, 1.82) is 0 Å². The van der Waals surface area contributed by atoms with Gasteiger partial charge in [0.25, 0.3) is 0 Å². The molecule has 1 saturated carbocycles. The Kier molecular flexibility index (Phi) is 5.63. The van der Waals surface area contributed by atoms with Crippen LogP contribution in [0, 0.1) is 5.92 Å². The normalized spacial score (nSPS) is 19.7. The first-order valence-electron chi connectivity index (χ1n) is 8.72. The van der Waals surface area contributed by atoms with Crippen LogP contribution in [0.5, 0.6) is 0 Å². The van der Waals surface area contributed by atoms with Crippen LogP contribution in [-0.4, -0.2) is 43.4 Å². The fourth-order valence-corrected chi connectivity index (χ4v) is 5.01. The summed E-state index contributed by atoms with van der Waals surface area (Å²) in [7, 11) is -3.49. The number of hydrogen-bond donors (Lipinski definition) is 1. The smallest absolute Gasteiger partial charge is 0.245 e. The van der Waals surface area contributed by atoms with Crippen LogP contribution in [0.25, 0.3) is 10.9 Å². The highest BCUT2D eigenvalue weighted by molar-refractivity contribution is 7.89. The van der Waals surface area contributed by atoms with E-state index in [1.54, 1.807) is 22.6 Å². The van der Waals surface area contributed by atoms with Crippen LogP contribution in [0.1, 0.15) is 25.7 Å². The first kappa shape index (κ1) is 18.6. The van der Waals surface area contributed by atoms with Crippen molar-refractivity contribution in [2.45, 2.75) is 36.6 Å². The fraction of sp³-hybridized carbons (Fsp3) is 0.500. The highest BCUT2D eigenvalue weighted by Gasteiger charge is 2.31. The van der Waals surface area contributed by atoms with Crippen molar-refractivity contribution in [2.75, 3.05) is 19.6 Å². The van der Waals surface area contributed by atoms with Crippen molar-refractivity contribution >= 4 is 33.3 Å². The number of nitrogens with one attached hydrogen (secondary N) is 1. The Labute approximate surface area is 155 Å². The minimum absolute atomic E-state index is 0. The molecule has 0 bridgehead atoms. The van der Waals surface area contributed by atoms with Gasteiger partial charge in [-0.3, -0.25) is 4.98 Å². The molecule has 1 saturated heterocycles. The van der Waals surface area contributed by atoms with E-state index in [-0.39, 0.29) is 12.4 Å². The molecule has 2 fully saturated rings. The van der Waals surface area contributed by atoms with Gasteiger partial charge in [-0.1, -0.05) is 18.2 Å². The van der Waals surface area contributed by atoms with Gasteiger partial charge in [0.15, 0.2) is 0 Å². The Morgan fingerprint density at radius 1 is 1.08 bits per heavy atom. The van der Waals surface area contributed by atoms with Gasteiger partial charge in [-0.2, -0.15) is 4.31 Å². The second kappa shape index (κ2) is 7.58. The molecule has 2 aliphatic rings. The van der Waals surface area contributed by atoms with E-state index >= 15 is 0 Å². The number of halogens is 1. The molecule has 136 valence electrons. The summed E-state index contributed by atoms with van der Waals surface area (Å²) in [5.41, 5.74) is 0.564. The van der Waals surface area contributed by atoms with E-state index in [0.29, 0.717) is 29.5 Å². The summed E-state index contributed by atoms with van der Waals surface area (Å²) in [6.45, 7) is 2.24. The van der Waals surface area contributed by atoms with E-state index in [1.807, 2.05) is 18.2 Å². The lowest BCUT2D eigenvalue weighted by Gasteiger charge is -2.32. The van der Waals surface area contributed by atoms with Crippen molar-refractivity contribution in [3.63, 3.8) is 0 Å². The van der Waals surface area contributed by atoms with Crippen LogP contribution in [0.3, 0.4) is 0 Å². The lowest BCUT2D eigenvalue weighted by molar-refractivity contribution is 0.288. The average molecular weight is 382 g/mol. The third-order valence-corrected chi connectivity index (χ3v) is 6.99. The number of nitrogens with zero attached hydrogens (tertiary/aromatic N) is 2. The number of sulfonamides is 1. The molecule has 1 aromatic carbocycles. The Hall–Kier alpha value is -1.21. The van der Waals surface area contributed by atoms with E-state index in [0.717, 1.165) is 30.7 Å². The number of piperidine rings is 1. The van der Waals surface area contributed by atoms with Gasteiger partial charge >= 0.3 is 0 Å². The number of hydrogen-bond acceptors (Lipinski definition) is 4. The third kappa shape index (κ3) is 3.97. The number of rotatable bonds is 5. The van der Waals surface area contributed by atoms with E-state index in [9.17, 15) is 8.42 Å². The number of pyridine rings is 1. The Bertz CT molecular complexity index is 826. The van der Waals surface area contributed by atoms with Crippen LogP contribution in [0.2, 0.25) is 0 Å². The summed E-state index contributed by atoms with van der Waals surface area (Å²) in [6, 6.07) is 9.53. The second-order valence-electron chi connectivity index (χ2n) is 6.86. The zero-order chi connectivity index (χ0) is 16.6. The molecule has 25 heavy (non-hydrogen) atoms. The van der Waals surface area contributed by atoms with Gasteiger partial charge in [0.1, 0.15) is 4.90 Å². The number of fused-ring (bicyclic) bond motifs is 1. The molecule has 0 atom stereocenters. The van der Waals surface area contributed by atoms with Gasteiger partial charge < -0.3 is 5.32 Å². The molecule has 0 radical (unpaired) electrons. The zero-order valence-corrected chi connectivity index (χ0v) is 15.7. The Balaban J connectivity index is 0.00000182. The van der Waals surface area contributed by atoms with E-state index in [4.69, 9.17) is 0 Å². The van der Waals surface area contributed by atoms with E-state index < -0.39 is 10.0 Å². The van der Waals surface area contributed by atoms with Crippen molar-refractivity contribution < 1.29 is 8.42 Å². The lowest BCUT2D eigenvalue weighted by Crippen LogP contribution is -2.45. The lowest BCUT2D eigenvalue weighted by atomic mass is 10.1. The SMILES string of the molecule is Cl.O=S(=O)(c1cccc2cccnc12)N1CCC(NCC2CC2)CC1. The predicted octanol–water partition coefficient (Wildman–Crippen LogP) is 2.81. The van der Waals surface area contributed by atoms with Crippen LogP contribution >= 0.6 is 12.4 Å². The van der Waals surface area contributed by atoms with Crippen molar-refractivity contribution in [3.8, 4) is 0 Å². The molecule has 1 aliphatic carbocycles. The maximum Gasteiger partial charge on any atom is 0.245 e. The van der Waals surface area contributed by atoms with Gasteiger partial charge in [0, 0.05) is 30.7 Å². The first-order chi connectivity index (χ1) is 11.6. The molecular formula is C18H24ClN3O2S. The topological polar surface area (TPSA) is 62.3 Å². The molecule has 1 N–H and O–H groups in total. The molecule has 0 unspecified atom stereocenters. The quantitative estimate of drug-likeness (QED) is 0.865. The van der Waals surface area contributed by atoms with Gasteiger partial charge in [-0.15, -0.1) is 12.4 Å². The summed E-state index contributed by atoms with van der Waals surface area (Å²) >= 11 is 0. The van der Waals surface area contributed by atoms with Crippen LogP contribution in [-0.2, 0) is 10.0 Å². The maximum absolute atomic E-state index is 13.0. The second-order valence-corrected chi connectivity index (χ2v) is 8.77. The molecule has 1 aromatic heterocycles. The monoisotopic (exact) mass is 381 g/mol. The van der Waals surface area contributed by atoms with Crippen molar-refractivity contribution in [3.05, 3.63) is 36.5 Å². The first-order valence-corrected chi connectivity index (χ1v) is 10.2. The summed E-state index contributed by atoms with van der Waals surface area (Å²) < 4.78 is 27.7. The number of aromatic nitrogens is 1. The predicted molar refractivity (Wildman–Crippen MR) is 101 cm³/mol. The third-order valence-electron chi connectivity index (χ3n) is 5.06. The standard InChI is InChI=1S/C18H23N3O2S.ClH/c22-24(23,17-5-1-3-15-4-2-10-19-18(15)17)21-11-8-16(9-12-21)20-13-14-6-7-14;/h1-5,10,14,16,20H,6-9,11-13H2;1H. The molecule has 2 aromatic rings. The molecule has 0 spiro atoms. The summed E-state index contributed by atoms with van der Waals surface area (Å²) in [4.78, 5) is 4.62. The van der Waals surface area contributed by atoms with Crippen LogP contribution in [0.15, 0.2) is 41.4 Å². The number of benzene rings is 1. The minimum atomic E-state index is -3.49. The molecule has 7 heteroatoms. The zero-order valence-electron chi connectivity index (χ0n) is 14.1. The van der Waals surface area contributed by atoms with E-state index in [2.05, 4.69) is 10.3 Å². The van der Waals surface area contributed by atoms with Gasteiger partial charge in [0.05, 0.1) is 5.52 Å². The number of para-hydroxylation sites is 1. The fourth-order valence-electron chi connectivity index (χ4n) is 3.38. The summed E-state index contributed by atoms with van der Waals surface area (Å²) in [6.07, 6.45) is 6.09. The summed E-state index contributed by atoms with van der Waals surface area (Å²) in [5.74, 6) is 0.855. The highest BCUT2D eigenvalue weighted by atomic mass is 35.5. The van der Waals surface area contributed by atoms with Crippen LogP contribution < -0.4 is 5.32 Å². The minimum Gasteiger partial charge on any atom is -0.314 e. The Morgan fingerprint density at radius 2 is 1.80 bits per heavy atom. The van der Waals surface area contributed by atoms with Crippen LogP contribution in [0.4, 0.5) is 0 Å². The van der Waals surface area contributed by atoms with Gasteiger partial charge in [-0.25, -0.2) is 8.42 Å². The average Bonchev–Trinajstić information content (AvgIpc) is 3.44. The molecule has 1 aliphatic heterocycles.